The summed E-state index contributed by atoms with van der Waals surface area (Å²) in [5.74, 6) is -0.0148. The summed E-state index contributed by atoms with van der Waals surface area (Å²) in [6.07, 6.45) is 2.45. The van der Waals surface area contributed by atoms with Gasteiger partial charge in [-0.1, -0.05) is 6.07 Å². The van der Waals surface area contributed by atoms with Crippen molar-refractivity contribution in [3.05, 3.63) is 24.3 Å². The third-order valence-corrected chi connectivity index (χ3v) is 3.68. The lowest BCUT2D eigenvalue weighted by Gasteiger charge is -2.29. The Bertz CT molecular complexity index is 442. The zero-order valence-electron chi connectivity index (χ0n) is 11.6. The average Bonchev–Trinajstić information content (AvgIpc) is 2.44. The largest absolute Gasteiger partial charge is 0.493 e. The average molecular weight is 278 g/mol. The second kappa shape index (κ2) is 7.14. The van der Waals surface area contributed by atoms with Crippen molar-refractivity contribution in [1.29, 1.82) is 0 Å². The molecule has 0 saturated carbocycles. The van der Waals surface area contributed by atoms with Crippen LogP contribution in [0.4, 0.5) is 5.69 Å². The summed E-state index contributed by atoms with van der Waals surface area (Å²) >= 11 is 0. The Hall–Kier alpha value is -1.75. The van der Waals surface area contributed by atoms with E-state index in [2.05, 4.69) is 4.90 Å². The van der Waals surface area contributed by atoms with Crippen LogP contribution in [-0.4, -0.2) is 42.2 Å². The van der Waals surface area contributed by atoms with Crippen molar-refractivity contribution < 1.29 is 14.6 Å². The van der Waals surface area contributed by atoms with Crippen LogP contribution >= 0.6 is 0 Å². The maximum atomic E-state index is 10.9. The van der Waals surface area contributed by atoms with Crippen molar-refractivity contribution >= 4 is 11.7 Å². The quantitative estimate of drug-likeness (QED) is 0.613. The van der Waals surface area contributed by atoms with Crippen molar-refractivity contribution in [2.75, 3.05) is 32.0 Å². The first-order chi connectivity index (χ1) is 9.65. The van der Waals surface area contributed by atoms with Crippen molar-refractivity contribution in [2.24, 2.45) is 5.92 Å². The number of ether oxygens (including phenoxy) is 1. The van der Waals surface area contributed by atoms with Gasteiger partial charge in [-0.2, -0.15) is 0 Å². The summed E-state index contributed by atoms with van der Waals surface area (Å²) in [7, 11) is 0. The molecule has 0 aliphatic carbocycles. The summed E-state index contributed by atoms with van der Waals surface area (Å²) in [6.45, 7) is 3.35. The second-order valence-corrected chi connectivity index (χ2v) is 5.23. The first kappa shape index (κ1) is 14.7. The van der Waals surface area contributed by atoms with Crippen LogP contribution in [-0.2, 0) is 4.79 Å². The number of carboxylic acids is 1. The number of benzene rings is 1. The molecule has 1 aliphatic heterocycles. The Kier molecular flexibility index (Phi) is 5.24. The molecule has 0 radical (unpaired) electrons. The number of piperidine rings is 1. The molecule has 1 saturated heterocycles. The number of carboxylic acid groups (broad SMARTS) is 1. The molecule has 0 unspecified atom stereocenters. The highest BCUT2D eigenvalue weighted by Crippen LogP contribution is 2.18. The van der Waals surface area contributed by atoms with Crippen LogP contribution in [0.5, 0.6) is 5.75 Å². The van der Waals surface area contributed by atoms with Crippen molar-refractivity contribution in [2.45, 2.75) is 19.3 Å². The van der Waals surface area contributed by atoms with Gasteiger partial charge in [0.1, 0.15) is 5.75 Å². The number of hydrogen-bond donors (Lipinski definition) is 2. The molecule has 0 atom stereocenters. The van der Waals surface area contributed by atoms with E-state index in [1.807, 2.05) is 24.3 Å². The van der Waals surface area contributed by atoms with Crippen LogP contribution in [0.15, 0.2) is 24.3 Å². The van der Waals surface area contributed by atoms with Crippen molar-refractivity contribution in [3.8, 4) is 5.75 Å². The van der Waals surface area contributed by atoms with Gasteiger partial charge in [-0.25, -0.2) is 0 Å². The summed E-state index contributed by atoms with van der Waals surface area (Å²) in [6, 6.07) is 7.42. The lowest BCUT2D eigenvalue weighted by Crippen LogP contribution is -2.37. The van der Waals surface area contributed by atoms with Crippen LogP contribution < -0.4 is 10.5 Å². The molecule has 0 bridgehead atoms. The van der Waals surface area contributed by atoms with Gasteiger partial charge in [0.25, 0.3) is 0 Å². The smallest absolute Gasteiger partial charge is 0.306 e. The Morgan fingerprint density at radius 2 is 2.15 bits per heavy atom. The molecule has 1 aliphatic rings. The molecular weight excluding hydrogens is 256 g/mol. The van der Waals surface area contributed by atoms with E-state index in [-0.39, 0.29) is 5.92 Å². The van der Waals surface area contributed by atoms with E-state index in [4.69, 9.17) is 15.6 Å². The van der Waals surface area contributed by atoms with Crippen LogP contribution in [0.25, 0.3) is 0 Å². The molecule has 20 heavy (non-hydrogen) atoms. The molecule has 0 amide bonds. The number of nitrogens with two attached hydrogens (primary N) is 1. The maximum absolute atomic E-state index is 10.9. The van der Waals surface area contributed by atoms with Crippen molar-refractivity contribution in [1.82, 2.24) is 4.90 Å². The van der Waals surface area contributed by atoms with Crippen LogP contribution in [0.3, 0.4) is 0 Å². The Balaban J connectivity index is 1.61. The van der Waals surface area contributed by atoms with E-state index >= 15 is 0 Å². The maximum Gasteiger partial charge on any atom is 0.306 e. The van der Waals surface area contributed by atoms with Gasteiger partial charge < -0.3 is 20.5 Å². The Morgan fingerprint density at radius 1 is 1.40 bits per heavy atom. The minimum atomic E-state index is -0.658. The predicted molar refractivity (Wildman–Crippen MR) is 77.8 cm³/mol. The first-order valence-electron chi connectivity index (χ1n) is 7.08. The normalized spacial score (nSPS) is 17.0. The molecule has 110 valence electrons. The van der Waals surface area contributed by atoms with Gasteiger partial charge >= 0.3 is 5.97 Å². The lowest BCUT2D eigenvalue weighted by atomic mass is 9.97. The topological polar surface area (TPSA) is 75.8 Å². The summed E-state index contributed by atoms with van der Waals surface area (Å²) in [4.78, 5) is 13.2. The fourth-order valence-corrected chi connectivity index (χ4v) is 2.49. The van der Waals surface area contributed by atoms with Crippen LogP contribution in [0, 0.1) is 5.92 Å². The van der Waals surface area contributed by atoms with Gasteiger partial charge in [-0.15, -0.1) is 0 Å². The number of aliphatic carboxylic acids is 1. The lowest BCUT2D eigenvalue weighted by molar-refractivity contribution is -0.143. The van der Waals surface area contributed by atoms with Gasteiger partial charge in [0.15, 0.2) is 0 Å². The molecule has 3 N–H and O–H groups in total. The van der Waals surface area contributed by atoms with E-state index in [1.54, 1.807) is 0 Å². The number of hydrogen-bond acceptors (Lipinski definition) is 4. The Morgan fingerprint density at radius 3 is 2.80 bits per heavy atom. The van der Waals surface area contributed by atoms with Gasteiger partial charge in [0.05, 0.1) is 12.5 Å². The molecule has 1 heterocycles. The monoisotopic (exact) mass is 278 g/mol. The van der Waals surface area contributed by atoms with Gasteiger partial charge in [0, 0.05) is 18.3 Å². The molecule has 5 nitrogen and oxygen atoms in total. The van der Waals surface area contributed by atoms with E-state index in [9.17, 15) is 4.79 Å². The van der Waals surface area contributed by atoms with Gasteiger partial charge in [0.2, 0.25) is 0 Å². The molecule has 0 aromatic heterocycles. The second-order valence-electron chi connectivity index (χ2n) is 5.23. The van der Waals surface area contributed by atoms with Crippen LogP contribution in [0.2, 0.25) is 0 Å². The van der Waals surface area contributed by atoms with Crippen molar-refractivity contribution in [3.63, 3.8) is 0 Å². The number of nitrogens with zero attached hydrogens (tertiary/aromatic N) is 1. The molecule has 1 aromatic rings. The molecule has 1 aromatic carbocycles. The summed E-state index contributed by atoms with van der Waals surface area (Å²) in [5.41, 5.74) is 6.39. The predicted octanol–water partition coefficient (Wildman–Crippen LogP) is 1.83. The number of rotatable bonds is 6. The highest BCUT2D eigenvalue weighted by Gasteiger charge is 2.23. The number of likely N-dealkylation sites (tertiary alicyclic amines) is 1. The summed E-state index contributed by atoms with van der Waals surface area (Å²) < 4.78 is 5.64. The van der Waals surface area contributed by atoms with E-state index in [1.165, 1.54) is 0 Å². The highest BCUT2D eigenvalue weighted by molar-refractivity contribution is 5.70. The molecule has 1 fully saturated rings. The Labute approximate surface area is 119 Å². The van der Waals surface area contributed by atoms with E-state index in [0.717, 1.165) is 44.6 Å². The van der Waals surface area contributed by atoms with E-state index in [0.29, 0.717) is 12.3 Å². The first-order valence-corrected chi connectivity index (χ1v) is 7.08. The minimum Gasteiger partial charge on any atom is -0.493 e. The SMILES string of the molecule is Nc1cccc(OCCCN2CCC(C(=O)O)CC2)c1. The molecule has 0 spiro atoms. The standard InChI is InChI=1S/C15H22N2O3/c16-13-3-1-4-14(11-13)20-10-2-7-17-8-5-12(6-9-17)15(18)19/h1,3-4,11-12H,2,5-10,16H2,(H,18,19). The third kappa shape index (κ3) is 4.42. The third-order valence-electron chi connectivity index (χ3n) is 3.68. The zero-order chi connectivity index (χ0) is 14.4. The van der Waals surface area contributed by atoms with Gasteiger partial charge in [-0.3, -0.25) is 4.79 Å². The fourth-order valence-electron chi connectivity index (χ4n) is 2.49. The minimum absolute atomic E-state index is 0.158. The highest BCUT2D eigenvalue weighted by atomic mass is 16.5. The zero-order valence-corrected chi connectivity index (χ0v) is 11.6. The molecular formula is C15H22N2O3. The van der Waals surface area contributed by atoms with Gasteiger partial charge in [-0.05, 0) is 44.5 Å². The molecule has 5 heteroatoms. The van der Waals surface area contributed by atoms with Crippen LogP contribution in [0.1, 0.15) is 19.3 Å². The van der Waals surface area contributed by atoms with E-state index < -0.39 is 5.97 Å². The summed E-state index contributed by atoms with van der Waals surface area (Å²) in [5, 5.41) is 8.94. The number of anilines is 1. The fraction of sp³-hybridized carbons (Fsp3) is 0.533. The molecule has 2 rings (SSSR count). The number of carbonyl (C=O) groups is 1. The number of nitrogen functional groups attached to an aromatic ring is 1.